The number of imidazole rings is 1. The summed E-state index contributed by atoms with van der Waals surface area (Å²) in [6.07, 6.45) is 0. The van der Waals surface area contributed by atoms with Crippen molar-refractivity contribution in [3.8, 4) is 0 Å². The zero-order valence-electron chi connectivity index (χ0n) is 11.1. The van der Waals surface area contributed by atoms with E-state index < -0.39 is 5.97 Å². The third kappa shape index (κ3) is 1.93. The second kappa shape index (κ2) is 4.63. The topological polar surface area (TPSA) is 55.1 Å². The number of nitrogens with zero attached hydrogens (tertiary/aromatic N) is 2. The fourth-order valence-corrected chi connectivity index (χ4v) is 3.97. The molecule has 1 atom stereocenters. The predicted molar refractivity (Wildman–Crippen MR) is 82.6 cm³/mol. The van der Waals surface area contributed by atoms with Crippen LogP contribution in [0.15, 0.2) is 48.5 Å². The summed E-state index contributed by atoms with van der Waals surface area (Å²) in [6, 6.07) is 15.2. The molecule has 0 radical (unpaired) electrons. The van der Waals surface area contributed by atoms with Crippen LogP contribution in [0.3, 0.4) is 0 Å². The summed E-state index contributed by atoms with van der Waals surface area (Å²) in [4.78, 5) is 15.6. The van der Waals surface area contributed by atoms with Crippen LogP contribution in [-0.4, -0.2) is 20.6 Å². The number of benzene rings is 2. The second-order valence-corrected chi connectivity index (χ2v) is 6.05. The number of rotatable bonds is 2. The first kappa shape index (κ1) is 12.5. The number of para-hydroxylation sites is 2. The molecule has 21 heavy (non-hydrogen) atoms. The normalized spacial score (nSPS) is 17.0. The van der Waals surface area contributed by atoms with Gasteiger partial charge in [0.25, 0.3) is 0 Å². The number of aromatic nitrogens is 2. The number of hydrogen-bond donors (Lipinski definition) is 1. The average molecular weight is 296 g/mol. The Bertz CT molecular complexity index is 839. The quantitative estimate of drug-likeness (QED) is 0.786. The van der Waals surface area contributed by atoms with Crippen LogP contribution >= 0.6 is 11.8 Å². The molecule has 104 valence electrons. The predicted octanol–water partition coefficient (Wildman–Crippen LogP) is 3.53. The van der Waals surface area contributed by atoms with Gasteiger partial charge in [0.2, 0.25) is 0 Å². The third-order valence-electron chi connectivity index (χ3n) is 3.72. The molecule has 0 bridgehead atoms. The zero-order chi connectivity index (χ0) is 14.4. The molecule has 0 amide bonds. The molecule has 4 nitrogen and oxygen atoms in total. The van der Waals surface area contributed by atoms with E-state index in [0.717, 1.165) is 28.2 Å². The van der Waals surface area contributed by atoms with E-state index in [2.05, 4.69) is 15.6 Å². The number of carboxylic acids is 1. The second-order valence-electron chi connectivity index (χ2n) is 4.98. The van der Waals surface area contributed by atoms with E-state index >= 15 is 0 Å². The van der Waals surface area contributed by atoms with Crippen LogP contribution in [0.5, 0.6) is 0 Å². The first-order valence-electron chi connectivity index (χ1n) is 6.65. The SMILES string of the molecule is O=C(O)c1ccc(C2SCc3nc4ccccc4n32)cc1. The summed E-state index contributed by atoms with van der Waals surface area (Å²) in [6.45, 7) is 0. The van der Waals surface area contributed by atoms with Crippen LogP contribution in [-0.2, 0) is 5.75 Å². The highest BCUT2D eigenvalue weighted by Gasteiger charge is 2.27. The molecular weight excluding hydrogens is 284 g/mol. The van der Waals surface area contributed by atoms with Gasteiger partial charge in [0.05, 0.1) is 22.3 Å². The molecule has 0 spiro atoms. The van der Waals surface area contributed by atoms with Crippen LogP contribution in [0.25, 0.3) is 11.0 Å². The van der Waals surface area contributed by atoms with Crippen molar-refractivity contribution in [2.75, 3.05) is 0 Å². The lowest BCUT2D eigenvalue weighted by Crippen LogP contribution is -2.04. The van der Waals surface area contributed by atoms with Gasteiger partial charge >= 0.3 is 5.97 Å². The van der Waals surface area contributed by atoms with Crippen molar-refractivity contribution < 1.29 is 9.90 Å². The summed E-state index contributed by atoms with van der Waals surface area (Å²) in [5, 5.41) is 9.15. The smallest absolute Gasteiger partial charge is 0.335 e. The summed E-state index contributed by atoms with van der Waals surface area (Å²) in [7, 11) is 0. The van der Waals surface area contributed by atoms with Crippen molar-refractivity contribution in [3.63, 3.8) is 0 Å². The number of thioether (sulfide) groups is 1. The third-order valence-corrected chi connectivity index (χ3v) is 4.94. The van der Waals surface area contributed by atoms with Crippen molar-refractivity contribution in [2.45, 2.75) is 11.1 Å². The van der Waals surface area contributed by atoms with Crippen molar-refractivity contribution in [3.05, 3.63) is 65.5 Å². The van der Waals surface area contributed by atoms with Crippen molar-refractivity contribution in [2.24, 2.45) is 0 Å². The van der Waals surface area contributed by atoms with E-state index in [0.29, 0.717) is 5.56 Å². The Morgan fingerprint density at radius 2 is 1.95 bits per heavy atom. The van der Waals surface area contributed by atoms with Gasteiger partial charge in [-0.3, -0.25) is 0 Å². The Kier molecular flexibility index (Phi) is 2.75. The average Bonchev–Trinajstić information content (AvgIpc) is 3.06. The Morgan fingerprint density at radius 1 is 1.19 bits per heavy atom. The molecule has 1 aliphatic heterocycles. The minimum atomic E-state index is -0.894. The van der Waals surface area contributed by atoms with Crippen molar-refractivity contribution in [1.29, 1.82) is 0 Å². The van der Waals surface area contributed by atoms with E-state index in [9.17, 15) is 4.79 Å². The van der Waals surface area contributed by atoms with E-state index in [4.69, 9.17) is 5.11 Å². The number of hydrogen-bond acceptors (Lipinski definition) is 3. The molecule has 2 aromatic carbocycles. The number of fused-ring (bicyclic) bond motifs is 3. The van der Waals surface area contributed by atoms with Crippen LogP contribution < -0.4 is 0 Å². The number of aromatic carboxylic acids is 1. The first-order valence-corrected chi connectivity index (χ1v) is 7.69. The summed E-state index contributed by atoms with van der Waals surface area (Å²) < 4.78 is 2.25. The summed E-state index contributed by atoms with van der Waals surface area (Å²) in [5.74, 6) is 1.06. The minimum Gasteiger partial charge on any atom is -0.478 e. The minimum absolute atomic E-state index is 0.162. The molecule has 5 heteroatoms. The Labute approximate surface area is 125 Å². The standard InChI is InChI=1S/C16H12N2O2S/c19-16(20)11-7-5-10(6-8-11)15-18-13-4-2-1-3-12(13)17-14(18)9-21-15/h1-8,15H,9H2,(H,19,20). The van der Waals surface area contributed by atoms with Gasteiger partial charge in [-0.25, -0.2) is 9.78 Å². The van der Waals surface area contributed by atoms with Crippen LogP contribution in [0.4, 0.5) is 0 Å². The van der Waals surface area contributed by atoms with E-state index in [1.54, 1.807) is 12.1 Å². The fraction of sp³-hybridized carbons (Fsp3) is 0.125. The van der Waals surface area contributed by atoms with Gasteiger partial charge in [-0.05, 0) is 29.8 Å². The highest BCUT2D eigenvalue weighted by molar-refractivity contribution is 7.99. The first-order chi connectivity index (χ1) is 10.2. The van der Waals surface area contributed by atoms with Gasteiger partial charge < -0.3 is 9.67 Å². The molecular formula is C16H12N2O2S. The van der Waals surface area contributed by atoms with E-state index in [1.807, 2.05) is 42.1 Å². The van der Waals surface area contributed by atoms with Crippen LogP contribution in [0, 0.1) is 0 Å². The summed E-state index contributed by atoms with van der Waals surface area (Å²) >= 11 is 1.81. The molecule has 0 saturated heterocycles. The molecule has 1 aliphatic rings. The maximum absolute atomic E-state index is 10.9. The molecule has 1 N–H and O–H groups in total. The van der Waals surface area contributed by atoms with Gasteiger partial charge in [-0.2, -0.15) is 0 Å². The van der Waals surface area contributed by atoms with Crippen molar-refractivity contribution in [1.82, 2.24) is 9.55 Å². The Hall–Kier alpha value is -2.27. The zero-order valence-corrected chi connectivity index (χ0v) is 11.9. The Morgan fingerprint density at radius 3 is 2.71 bits per heavy atom. The van der Waals surface area contributed by atoms with Gasteiger partial charge in [-0.15, -0.1) is 11.8 Å². The lowest BCUT2D eigenvalue weighted by atomic mass is 10.1. The highest BCUT2D eigenvalue weighted by Crippen LogP contribution is 2.42. The number of carbonyl (C=O) groups is 1. The Balaban J connectivity index is 1.80. The summed E-state index contributed by atoms with van der Waals surface area (Å²) in [5.41, 5.74) is 3.56. The highest BCUT2D eigenvalue weighted by atomic mass is 32.2. The van der Waals surface area contributed by atoms with Gasteiger partial charge in [0, 0.05) is 0 Å². The maximum atomic E-state index is 10.9. The van der Waals surface area contributed by atoms with Gasteiger partial charge in [0.1, 0.15) is 11.2 Å². The van der Waals surface area contributed by atoms with E-state index in [-0.39, 0.29) is 5.37 Å². The molecule has 0 saturated carbocycles. The van der Waals surface area contributed by atoms with E-state index in [1.165, 1.54) is 0 Å². The fourth-order valence-electron chi connectivity index (χ4n) is 2.72. The van der Waals surface area contributed by atoms with Gasteiger partial charge in [-0.1, -0.05) is 24.3 Å². The molecule has 1 aromatic heterocycles. The molecule has 2 heterocycles. The van der Waals surface area contributed by atoms with Crippen LogP contribution in [0.2, 0.25) is 0 Å². The molecule has 4 rings (SSSR count). The lowest BCUT2D eigenvalue weighted by molar-refractivity contribution is 0.0697. The number of carboxylic acid groups (broad SMARTS) is 1. The molecule has 0 fully saturated rings. The van der Waals surface area contributed by atoms with Crippen LogP contribution in [0.1, 0.15) is 27.1 Å². The lowest BCUT2D eigenvalue weighted by Gasteiger charge is -2.14. The molecule has 1 unspecified atom stereocenters. The molecule has 3 aromatic rings. The van der Waals surface area contributed by atoms with Gasteiger partial charge in [0.15, 0.2) is 0 Å². The maximum Gasteiger partial charge on any atom is 0.335 e. The van der Waals surface area contributed by atoms with Crippen molar-refractivity contribution >= 4 is 28.8 Å². The monoisotopic (exact) mass is 296 g/mol. The molecule has 0 aliphatic carbocycles. The largest absolute Gasteiger partial charge is 0.478 e.